The van der Waals surface area contributed by atoms with Crippen LogP contribution in [-0.4, -0.2) is 46.4 Å². The first-order chi connectivity index (χ1) is 14.9. The molecule has 2 heterocycles. The first-order valence-electron chi connectivity index (χ1n) is 10.2. The number of aromatic nitrogens is 2. The van der Waals surface area contributed by atoms with Crippen molar-refractivity contribution in [3.63, 3.8) is 0 Å². The Hall–Kier alpha value is -3.13. The van der Waals surface area contributed by atoms with Crippen LogP contribution in [0.25, 0.3) is 16.9 Å². The van der Waals surface area contributed by atoms with E-state index in [4.69, 9.17) is 0 Å². The number of hydrogen-bond donors (Lipinski definition) is 1. The lowest BCUT2D eigenvalue weighted by Gasteiger charge is -2.33. The summed E-state index contributed by atoms with van der Waals surface area (Å²) >= 11 is 0. The Balaban J connectivity index is 1.53. The van der Waals surface area contributed by atoms with Crippen molar-refractivity contribution in [2.24, 2.45) is 5.92 Å². The van der Waals surface area contributed by atoms with Gasteiger partial charge in [0.25, 0.3) is 0 Å². The number of benzene rings is 2. The van der Waals surface area contributed by atoms with E-state index in [9.17, 15) is 18.0 Å². The van der Waals surface area contributed by atoms with Gasteiger partial charge in [0.1, 0.15) is 5.82 Å². The Bertz CT molecular complexity index is 1020. The van der Waals surface area contributed by atoms with Gasteiger partial charge in [0.15, 0.2) is 0 Å². The van der Waals surface area contributed by atoms with Crippen LogP contribution in [0, 0.1) is 5.92 Å². The Morgan fingerprint density at radius 1 is 1.06 bits per heavy atom. The molecule has 0 spiro atoms. The number of carbonyl (C=O) groups excluding carboxylic acids is 1. The molecule has 1 fully saturated rings. The molecule has 2 aromatic carbocycles. The third-order valence-electron chi connectivity index (χ3n) is 5.38. The van der Waals surface area contributed by atoms with Crippen LogP contribution in [0.2, 0.25) is 0 Å². The molecular formula is C23H23F3N4O. The molecule has 4 rings (SSSR count). The molecule has 5 nitrogen and oxygen atoms in total. The topological polar surface area (TPSA) is 50.2 Å². The fraction of sp³-hybridized carbons (Fsp3) is 0.304. The summed E-state index contributed by atoms with van der Waals surface area (Å²) in [6, 6.07) is 20.7. The molecule has 0 radical (unpaired) electrons. The smallest absolute Gasteiger partial charge is 0.309 e. The Morgan fingerprint density at radius 3 is 2.42 bits per heavy atom. The number of carbonyl (C=O) groups is 1. The van der Waals surface area contributed by atoms with Gasteiger partial charge in [-0.15, -0.1) is 0 Å². The average molecular weight is 428 g/mol. The first-order valence-corrected chi connectivity index (χ1v) is 10.2. The van der Waals surface area contributed by atoms with Crippen LogP contribution in [0.3, 0.4) is 0 Å². The number of para-hydroxylation sites is 1. The summed E-state index contributed by atoms with van der Waals surface area (Å²) in [4.78, 5) is 14.3. The van der Waals surface area contributed by atoms with Crippen molar-refractivity contribution in [3.8, 4) is 16.9 Å². The standard InChI is InChI=1S/C23H23F3N4O/c24-23(25,26)18-10-7-13-29(15-18)16-22(31)27-21-14-20(17-8-3-1-4-9-17)28-30(21)19-11-5-2-6-12-19/h1-6,8-9,11-12,14,18H,7,10,13,15-16H2,(H,27,31). The van der Waals surface area contributed by atoms with Crippen molar-refractivity contribution in [2.75, 3.05) is 25.0 Å². The van der Waals surface area contributed by atoms with Crippen LogP contribution in [0.5, 0.6) is 0 Å². The Morgan fingerprint density at radius 2 is 1.74 bits per heavy atom. The molecule has 1 aliphatic heterocycles. The maximum absolute atomic E-state index is 13.1. The highest BCUT2D eigenvalue weighted by molar-refractivity contribution is 5.92. The van der Waals surface area contributed by atoms with E-state index in [1.54, 1.807) is 15.6 Å². The second kappa shape index (κ2) is 8.93. The Labute approximate surface area is 178 Å². The van der Waals surface area contributed by atoms with Crippen molar-refractivity contribution in [1.29, 1.82) is 0 Å². The van der Waals surface area contributed by atoms with Crippen LogP contribution in [0.4, 0.5) is 19.0 Å². The largest absolute Gasteiger partial charge is 0.393 e. The minimum Gasteiger partial charge on any atom is -0.309 e. The van der Waals surface area contributed by atoms with E-state index >= 15 is 0 Å². The fourth-order valence-electron chi connectivity index (χ4n) is 3.84. The van der Waals surface area contributed by atoms with Crippen molar-refractivity contribution in [2.45, 2.75) is 19.0 Å². The van der Waals surface area contributed by atoms with Gasteiger partial charge >= 0.3 is 6.18 Å². The summed E-state index contributed by atoms with van der Waals surface area (Å²) in [5, 5.41) is 7.47. The van der Waals surface area contributed by atoms with Gasteiger partial charge in [-0.2, -0.15) is 18.3 Å². The maximum atomic E-state index is 13.1. The molecule has 1 atom stereocenters. The lowest BCUT2D eigenvalue weighted by molar-refractivity contribution is -0.186. The third kappa shape index (κ3) is 5.14. The molecule has 3 aromatic rings. The monoisotopic (exact) mass is 428 g/mol. The summed E-state index contributed by atoms with van der Waals surface area (Å²) in [6.07, 6.45) is -3.69. The number of hydrogen-bond acceptors (Lipinski definition) is 3. The maximum Gasteiger partial charge on any atom is 0.393 e. The van der Waals surface area contributed by atoms with Crippen LogP contribution >= 0.6 is 0 Å². The van der Waals surface area contributed by atoms with Crippen LogP contribution in [-0.2, 0) is 4.79 Å². The second-order valence-electron chi connectivity index (χ2n) is 7.69. The zero-order chi connectivity index (χ0) is 21.8. The molecular weight excluding hydrogens is 405 g/mol. The normalized spacial score (nSPS) is 17.5. The number of nitrogens with one attached hydrogen (secondary N) is 1. The molecule has 162 valence electrons. The highest BCUT2D eigenvalue weighted by Gasteiger charge is 2.41. The van der Waals surface area contributed by atoms with Gasteiger partial charge in [0, 0.05) is 18.2 Å². The zero-order valence-electron chi connectivity index (χ0n) is 16.8. The van der Waals surface area contributed by atoms with Gasteiger partial charge in [0.05, 0.1) is 23.8 Å². The quantitative estimate of drug-likeness (QED) is 0.638. The van der Waals surface area contributed by atoms with Gasteiger partial charge in [-0.25, -0.2) is 4.68 Å². The summed E-state index contributed by atoms with van der Waals surface area (Å²) in [5.74, 6) is -1.27. The van der Waals surface area contributed by atoms with E-state index in [-0.39, 0.29) is 25.4 Å². The van der Waals surface area contributed by atoms with Gasteiger partial charge in [0.2, 0.25) is 5.91 Å². The lowest BCUT2D eigenvalue weighted by Crippen LogP contribution is -2.44. The average Bonchev–Trinajstić information content (AvgIpc) is 3.18. The van der Waals surface area contributed by atoms with E-state index in [0.29, 0.717) is 24.5 Å². The number of amides is 1. The van der Waals surface area contributed by atoms with E-state index in [0.717, 1.165) is 11.3 Å². The highest BCUT2D eigenvalue weighted by Crippen LogP contribution is 2.33. The third-order valence-corrected chi connectivity index (χ3v) is 5.38. The number of anilines is 1. The van der Waals surface area contributed by atoms with Gasteiger partial charge < -0.3 is 5.32 Å². The van der Waals surface area contributed by atoms with Crippen molar-refractivity contribution in [1.82, 2.24) is 14.7 Å². The molecule has 1 aromatic heterocycles. The predicted octanol–water partition coefficient (Wildman–Crippen LogP) is 4.75. The van der Waals surface area contributed by atoms with E-state index in [2.05, 4.69) is 10.4 Å². The minimum atomic E-state index is -4.23. The van der Waals surface area contributed by atoms with Crippen molar-refractivity contribution < 1.29 is 18.0 Å². The number of rotatable bonds is 5. The van der Waals surface area contributed by atoms with E-state index in [1.807, 2.05) is 60.7 Å². The van der Waals surface area contributed by atoms with Gasteiger partial charge in [-0.3, -0.25) is 9.69 Å². The molecule has 1 amide bonds. The zero-order valence-corrected chi connectivity index (χ0v) is 16.8. The highest BCUT2D eigenvalue weighted by atomic mass is 19.4. The summed E-state index contributed by atoms with van der Waals surface area (Å²) < 4.78 is 40.8. The molecule has 1 unspecified atom stereocenters. The van der Waals surface area contributed by atoms with Crippen molar-refractivity contribution >= 4 is 11.7 Å². The van der Waals surface area contributed by atoms with Crippen LogP contribution in [0.15, 0.2) is 66.7 Å². The van der Waals surface area contributed by atoms with Crippen LogP contribution in [0.1, 0.15) is 12.8 Å². The molecule has 0 saturated carbocycles. The second-order valence-corrected chi connectivity index (χ2v) is 7.69. The predicted molar refractivity (Wildman–Crippen MR) is 113 cm³/mol. The number of alkyl halides is 3. The van der Waals surface area contributed by atoms with Gasteiger partial charge in [-0.1, -0.05) is 48.5 Å². The van der Waals surface area contributed by atoms with E-state index in [1.165, 1.54) is 0 Å². The van der Waals surface area contributed by atoms with Gasteiger partial charge in [-0.05, 0) is 31.5 Å². The molecule has 1 saturated heterocycles. The summed E-state index contributed by atoms with van der Waals surface area (Å²) in [5.41, 5.74) is 2.36. The number of likely N-dealkylation sites (tertiary alicyclic amines) is 1. The Kier molecular flexibility index (Phi) is 6.08. The van der Waals surface area contributed by atoms with Crippen LogP contribution < -0.4 is 5.32 Å². The summed E-state index contributed by atoms with van der Waals surface area (Å²) in [7, 11) is 0. The SMILES string of the molecule is O=C(CN1CCCC(C(F)(F)F)C1)Nc1cc(-c2ccccc2)nn1-c1ccccc1. The lowest BCUT2D eigenvalue weighted by atomic mass is 9.97. The number of nitrogens with zero attached hydrogens (tertiary/aromatic N) is 3. The molecule has 0 aliphatic carbocycles. The summed E-state index contributed by atoms with van der Waals surface area (Å²) in [6.45, 7) is 0.241. The van der Waals surface area contributed by atoms with E-state index < -0.39 is 12.1 Å². The number of piperidine rings is 1. The molecule has 1 aliphatic rings. The molecule has 8 heteroatoms. The molecule has 31 heavy (non-hydrogen) atoms. The minimum absolute atomic E-state index is 0.0901. The fourth-order valence-corrected chi connectivity index (χ4v) is 3.84. The molecule has 0 bridgehead atoms. The first kappa shape index (κ1) is 21.1. The molecule has 1 N–H and O–H groups in total. The van der Waals surface area contributed by atoms with Crippen molar-refractivity contribution in [3.05, 3.63) is 66.7 Å². The number of halogens is 3.